The van der Waals surface area contributed by atoms with E-state index in [0.29, 0.717) is 32.7 Å². The van der Waals surface area contributed by atoms with Crippen LogP contribution >= 0.6 is 11.6 Å². The Hall–Kier alpha value is -3.44. The highest BCUT2D eigenvalue weighted by atomic mass is 35.5. The van der Waals surface area contributed by atoms with Crippen molar-refractivity contribution in [2.45, 2.75) is 0 Å². The number of esters is 1. The van der Waals surface area contributed by atoms with Gasteiger partial charge in [0.2, 0.25) is 0 Å². The number of hydrogen-bond donors (Lipinski definition) is 0. The normalized spacial score (nSPS) is 10.7. The van der Waals surface area contributed by atoms with Crippen molar-refractivity contribution in [3.63, 3.8) is 0 Å². The van der Waals surface area contributed by atoms with Crippen molar-refractivity contribution < 1.29 is 13.9 Å². The zero-order valence-corrected chi connectivity index (χ0v) is 14.6. The average Bonchev–Trinajstić information content (AvgIpc) is 2.70. The zero-order valence-electron chi connectivity index (χ0n) is 13.9. The van der Waals surface area contributed by atoms with Crippen molar-refractivity contribution in [1.29, 1.82) is 0 Å². The molecule has 0 spiro atoms. The molecule has 0 atom stereocenters. The molecule has 6 heteroatoms. The number of pyridine rings is 1. The Labute approximate surface area is 158 Å². The van der Waals surface area contributed by atoms with Crippen molar-refractivity contribution in [2.75, 3.05) is 0 Å². The molecule has 0 aliphatic heterocycles. The van der Waals surface area contributed by atoms with E-state index in [9.17, 15) is 9.59 Å². The number of benzene rings is 2. The number of aromatic nitrogens is 1. The van der Waals surface area contributed by atoms with Gasteiger partial charge in [-0.1, -0.05) is 23.7 Å². The van der Waals surface area contributed by atoms with Crippen molar-refractivity contribution in [2.24, 2.45) is 0 Å². The first-order valence-electron chi connectivity index (χ1n) is 8.05. The van der Waals surface area contributed by atoms with E-state index in [1.807, 2.05) is 0 Å². The van der Waals surface area contributed by atoms with Crippen LogP contribution in [0.25, 0.3) is 22.1 Å². The van der Waals surface area contributed by atoms with Gasteiger partial charge < -0.3 is 9.15 Å². The molecular weight excluding hydrogens is 366 g/mol. The lowest BCUT2D eigenvalue weighted by molar-refractivity contribution is 0.0734. The largest absolute Gasteiger partial charge is 0.463 e. The molecule has 2 aromatic heterocycles. The van der Waals surface area contributed by atoms with Gasteiger partial charge in [-0.2, -0.15) is 0 Å². The Kier molecular flexibility index (Phi) is 4.44. The third kappa shape index (κ3) is 3.45. The lowest BCUT2D eigenvalue weighted by Gasteiger charge is -2.06. The highest BCUT2D eigenvalue weighted by molar-refractivity contribution is 6.30. The lowest BCUT2D eigenvalue weighted by atomic mass is 10.1. The minimum Gasteiger partial charge on any atom is -0.463 e. The van der Waals surface area contributed by atoms with Gasteiger partial charge in [-0.3, -0.25) is 9.78 Å². The van der Waals surface area contributed by atoms with Crippen LogP contribution in [0.1, 0.15) is 10.4 Å². The summed E-state index contributed by atoms with van der Waals surface area (Å²) in [5, 5.41) is 0.979. The van der Waals surface area contributed by atoms with Crippen molar-refractivity contribution in [3.05, 3.63) is 94.1 Å². The molecule has 4 aromatic rings. The van der Waals surface area contributed by atoms with E-state index in [2.05, 4.69) is 4.98 Å². The number of ether oxygens (including phenoxy) is 1. The van der Waals surface area contributed by atoms with Gasteiger partial charge in [-0.05, 0) is 42.0 Å². The highest BCUT2D eigenvalue weighted by Gasteiger charge is 2.12. The smallest absolute Gasteiger partial charge is 0.345 e. The lowest BCUT2D eigenvalue weighted by Crippen LogP contribution is -2.09. The van der Waals surface area contributed by atoms with Crippen LogP contribution in [0.15, 0.2) is 82.5 Å². The fourth-order valence-electron chi connectivity index (χ4n) is 2.65. The van der Waals surface area contributed by atoms with Gasteiger partial charge in [-0.15, -0.1) is 0 Å². The molecule has 2 aromatic carbocycles. The second-order valence-electron chi connectivity index (χ2n) is 5.77. The molecule has 0 bridgehead atoms. The summed E-state index contributed by atoms with van der Waals surface area (Å²) in [5.41, 5.74) is 1.62. The van der Waals surface area contributed by atoms with Gasteiger partial charge in [0.25, 0.3) is 0 Å². The second kappa shape index (κ2) is 7.05. The van der Waals surface area contributed by atoms with Gasteiger partial charge >= 0.3 is 5.97 Å². The van der Waals surface area contributed by atoms with E-state index in [-0.39, 0.29) is 11.2 Å². The molecular formula is C21H12ClNO4. The molecule has 0 saturated carbocycles. The highest BCUT2D eigenvalue weighted by Crippen LogP contribution is 2.24. The van der Waals surface area contributed by atoms with Gasteiger partial charge in [0.15, 0.2) is 5.43 Å². The third-order valence-corrected chi connectivity index (χ3v) is 4.26. The van der Waals surface area contributed by atoms with E-state index in [1.54, 1.807) is 54.7 Å². The standard InChI is InChI=1S/C21H12ClNO4/c22-15-5-3-13(4-6-15)18-12-26-19-10-16(7-8-17(19)20(18)24)27-21(25)14-2-1-9-23-11-14/h1-12H. The summed E-state index contributed by atoms with van der Waals surface area (Å²) >= 11 is 5.89. The summed E-state index contributed by atoms with van der Waals surface area (Å²) in [6.07, 6.45) is 4.38. The first kappa shape index (κ1) is 17.0. The molecule has 0 unspecified atom stereocenters. The van der Waals surface area contributed by atoms with E-state index >= 15 is 0 Å². The summed E-state index contributed by atoms with van der Waals surface area (Å²) in [6, 6.07) is 14.8. The Morgan fingerprint density at radius 3 is 2.63 bits per heavy atom. The molecule has 0 fully saturated rings. The minimum absolute atomic E-state index is 0.177. The molecule has 27 heavy (non-hydrogen) atoms. The van der Waals surface area contributed by atoms with Crippen LogP contribution in [0.5, 0.6) is 5.75 Å². The SMILES string of the molecule is O=C(Oc1ccc2c(=O)c(-c3ccc(Cl)cc3)coc2c1)c1cccnc1. The maximum atomic E-state index is 12.8. The molecule has 0 N–H and O–H groups in total. The van der Waals surface area contributed by atoms with Crippen LogP contribution in [0.2, 0.25) is 5.02 Å². The topological polar surface area (TPSA) is 69.4 Å². The predicted octanol–water partition coefficient (Wildman–Crippen LogP) is 4.73. The number of nitrogens with zero attached hydrogens (tertiary/aromatic N) is 1. The number of carbonyl (C=O) groups is 1. The van der Waals surface area contributed by atoms with Gasteiger partial charge in [-0.25, -0.2) is 4.79 Å². The zero-order chi connectivity index (χ0) is 18.8. The number of fused-ring (bicyclic) bond motifs is 1. The third-order valence-electron chi connectivity index (χ3n) is 4.01. The second-order valence-corrected chi connectivity index (χ2v) is 6.21. The monoisotopic (exact) mass is 377 g/mol. The molecule has 5 nitrogen and oxygen atoms in total. The summed E-state index contributed by atoms with van der Waals surface area (Å²) in [5.74, 6) is -0.263. The van der Waals surface area contributed by atoms with Crippen molar-refractivity contribution in [3.8, 4) is 16.9 Å². The number of rotatable bonds is 3. The van der Waals surface area contributed by atoms with Crippen LogP contribution < -0.4 is 10.2 Å². The van der Waals surface area contributed by atoms with Crippen LogP contribution in [0.3, 0.4) is 0 Å². The van der Waals surface area contributed by atoms with Crippen LogP contribution in [0, 0.1) is 0 Å². The quantitative estimate of drug-likeness (QED) is 0.381. The first-order chi connectivity index (χ1) is 13.1. The predicted molar refractivity (Wildman–Crippen MR) is 102 cm³/mol. The van der Waals surface area contributed by atoms with Crippen LogP contribution in [-0.2, 0) is 0 Å². The molecule has 0 aliphatic carbocycles. The van der Waals surface area contributed by atoms with Gasteiger partial charge in [0.05, 0.1) is 16.5 Å². The number of carbonyl (C=O) groups excluding carboxylic acids is 1. The molecule has 0 aliphatic rings. The Morgan fingerprint density at radius 2 is 1.89 bits per heavy atom. The van der Waals surface area contributed by atoms with Gasteiger partial charge in [0.1, 0.15) is 17.6 Å². The number of hydrogen-bond acceptors (Lipinski definition) is 5. The summed E-state index contributed by atoms with van der Waals surface area (Å²) in [6.45, 7) is 0. The molecule has 0 radical (unpaired) electrons. The van der Waals surface area contributed by atoms with Gasteiger partial charge in [0, 0.05) is 23.5 Å². The summed E-state index contributed by atoms with van der Waals surface area (Å²) < 4.78 is 10.9. The Morgan fingerprint density at radius 1 is 1.07 bits per heavy atom. The Bertz CT molecular complexity index is 1180. The van der Waals surface area contributed by atoms with Crippen molar-refractivity contribution >= 4 is 28.5 Å². The maximum Gasteiger partial charge on any atom is 0.345 e. The van der Waals surface area contributed by atoms with E-state index in [4.69, 9.17) is 20.8 Å². The first-order valence-corrected chi connectivity index (χ1v) is 8.43. The molecule has 0 saturated heterocycles. The van der Waals surface area contributed by atoms with Crippen molar-refractivity contribution in [1.82, 2.24) is 4.98 Å². The fraction of sp³-hybridized carbons (Fsp3) is 0. The molecule has 0 amide bonds. The van der Waals surface area contributed by atoms with E-state index in [1.165, 1.54) is 18.5 Å². The maximum absolute atomic E-state index is 12.8. The number of halogens is 1. The van der Waals surface area contributed by atoms with E-state index < -0.39 is 5.97 Å². The fourth-order valence-corrected chi connectivity index (χ4v) is 2.78. The summed E-state index contributed by atoms with van der Waals surface area (Å²) in [4.78, 5) is 28.8. The van der Waals surface area contributed by atoms with E-state index in [0.717, 1.165) is 0 Å². The Balaban J connectivity index is 1.68. The molecule has 132 valence electrons. The molecule has 4 rings (SSSR count). The average molecular weight is 378 g/mol. The minimum atomic E-state index is -0.539. The molecule has 2 heterocycles. The summed E-state index contributed by atoms with van der Waals surface area (Å²) in [7, 11) is 0. The van der Waals surface area contributed by atoms with Crippen LogP contribution in [0.4, 0.5) is 0 Å². The van der Waals surface area contributed by atoms with Crippen LogP contribution in [-0.4, -0.2) is 11.0 Å².